The van der Waals surface area contributed by atoms with Gasteiger partial charge in [-0.1, -0.05) is 18.2 Å². The molecule has 1 fully saturated rings. The van der Waals surface area contributed by atoms with E-state index < -0.39 is 30.3 Å². The second-order valence-corrected chi connectivity index (χ2v) is 7.51. The number of imide groups is 1. The average molecular weight is 422 g/mol. The minimum Gasteiger partial charge on any atom is -0.452 e. The summed E-state index contributed by atoms with van der Waals surface area (Å²) >= 11 is 0. The molecule has 2 aromatic rings. The molecule has 8 heteroatoms. The van der Waals surface area contributed by atoms with Gasteiger partial charge in [-0.15, -0.1) is 0 Å². The summed E-state index contributed by atoms with van der Waals surface area (Å²) in [5, 5.41) is 2.67. The van der Waals surface area contributed by atoms with E-state index in [9.17, 15) is 19.2 Å². The van der Waals surface area contributed by atoms with Crippen LogP contribution in [-0.4, -0.2) is 49.6 Å². The van der Waals surface area contributed by atoms with E-state index in [1.807, 2.05) is 19.1 Å². The van der Waals surface area contributed by atoms with Crippen molar-refractivity contribution in [2.24, 2.45) is 0 Å². The first kappa shape index (κ1) is 20.7. The standard InChI is InChI=1S/C23H22N2O6/c1-14-5-2-3-7-19(14)25-21(27)17-9-8-15(11-18(17)22(25)28)23(29)31-13-20(26)24-12-16-6-4-10-30-16/h2-3,5,7-9,11,16H,4,6,10,12-13H2,1H3,(H,24,26)/t16-/m1/s1. The van der Waals surface area contributed by atoms with Gasteiger partial charge in [0.15, 0.2) is 6.61 Å². The van der Waals surface area contributed by atoms with E-state index in [2.05, 4.69) is 5.32 Å². The van der Waals surface area contributed by atoms with E-state index in [4.69, 9.17) is 9.47 Å². The van der Waals surface area contributed by atoms with Crippen molar-refractivity contribution in [3.8, 4) is 0 Å². The number of anilines is 1. The molecule has 2 heterocycles. The number of ether oxygens (including phenoxy) is 2. The zero-order chi connectivity index (χ0) is 22.0. The number of carbonyl (C=O) groups is 4. The van der Waals surface area contributed by atoms with Crippen molar-refractivity contribution >= 4 is 29.4 Å². The van der Waals surface area contributed by atoms with Crippen LogP contribution in [0.4, 0.5) is 5.69 Å². The van der Waals surface area contributed by atoms with E-state index in [0.29, 0.717) is 18.8 Å². The highest BCUT2D eigenvalue weighted by atomic mass is 16.5. The fourth-order valence-corrected chi connectivity index (χ4v) is 3.70. The van der Waals surface area contributed by atoms with Crippen LogP contribution in [0.3, 0.4) is 0 Å². The van der Waals surface area contributed by atoms with Crippen LogP contribution in [0.2, 0.25) is 0 Å². The van der Waals surface area contributed by atoms with Gasteiger partial charge in [0.2, 0.25) is 0 Å². The zero-order valence-corrected chi connectivity index (χ0v) is 17.1. The van der Waals surface area contributed by atoms with Gasteiger partial charge in [-0.25, -0.2) is 9.69 Å². The van der Waals surface area contributed by atoms with Crippen molar-refractivity contribution in [1.82, 2.24) is 5.32 Å². The molecule has 8 nitrogen and oxygen atoms in total. The van der Waals surface area contributed by atoms with Crippen LogP contribution in [-0.2, 0) is 14.3 Å². The summed E-state index contributed by atoms with van der Waals surface area (Å²) in [5.41, 5.74) is 1.73. The third kappa shape index (κ3) is 4.20. The maximum absolute atomic E-state index is 12.9. The molecule has 2 aromatic carbocycles. The number of carbonyl (C=O) groups excluding carboxylic acids is 4. The Balaban J connectivity index is 1.41. The lowest BCUT2D eigenvalue weighted by molar-refractivity contribution is -0.124. The maximum Gasteiger partial charge on any atom is 0.338 e. The molecular formula is C23H22N2O6. The fraction of sp³-hybridized carbons (Fsp3) is 0.304. The zero-order valence-electron chi connectivity index (χ0n) is 17.1. The normalized spacial score (nSPS) is 17.6. The van der Waals surface area contributed by atoms with Gasteiger partial charge in [0.25, 0.3) is 17.7 Å². The third-order valence-electron chi connectivity index (χ3n) is 5.36. The molecule has 0 spiro atoms. The van der Waals surface area contributed by atoms with Gasteiger partial charge in [0.1, 0.15) is 0 Å². The molecule has 0 aromatic heterocycles. The van der Waals surface area contributed by atoms with Crippen LogP contribution in [0, 0.1) is 6.92 Å². The van der Waals surface area contributed by atoms with Gasteiger partial charge in [0.05, 0.1) is 28.5 Å². The molecule has 0 radical (unpaired) electrons. The Labute approximate surface area is 179 Å². The Morgan fingerprint density at radius 1 is 1.13 bits per heavy atom. The highest BCUT2D eigenvalue weighted by Gasteiger charge is 2.37. The van der Waals surface area contributed by atoms with Crippen LogP contribution in [0.15, 0.2) is 42.5 Å². The predicted octanol–water partition coefficient (Wildman–Crippen LogP) is 2.25. The molecule has 1 N–H and O–H groups in total. The molecule has 1 atom stereocenters. The SMILES string of the molecule is Cc1ccccc1N1C(=O)c2ccc(C(=O)OCC(=O)NC[C@H]3CCCO3)cc2C1=O. The monoisotopic (exact) mass is 422 g/mol. The van der Waals surface area contributed by atoms with Crippen molar-refractivity contribution in [2.45, 2.75) is 25.9 Å². The van der Waals surface area contributed by atoms with Crippen molar-refractivity contribution in [1.29, 1.82) is 0 Å². The Morgan fingerprint density at radius 3 is 2.65 bits per heavy atom. The van der Waals surface area contributed by atoms with Gasteiger partial charge in [-0.3, -0.25) is 14.4 Å². The lowest BCUT2D eigenvalue weighted by Gasteiger charge is -2.16. The molecule has 31 heavy (non-hydrogen) atoms. The summed E-state index contributed by atoms with van der Waals surface area (Å²) in [4.78, 5) is 51.0. The number of amides is 3. The Morgan fingerprint density at radius 2 is 1.90 bits per heavy atom. The van der Waals surface area contributed by atoms with E-state index in [0.717, 1.165) is 23.3 Å². The van der Waals surface area contributed by atoms with Crippen LogP contribution >= 0.6 is 0 Å². The summed E-state index contributed by atoms with van der Waals surface area (Å²) in [7, 11) is 0. The average Bonchev–Trinajstić information content (AvgIpc) is 3.38. The Kier molecular flexibility index (Phi) is 5.81. The van der Waals surface area contributed by atoms with Crippen molar-refractivity contribution < 1.29 is 28.7 Å². The highest BCUT2D eigenvalue weighted by molar-refractivity contribution is 6.34. The molecule has 1 saturated heterocycles. The number of nitrogens with one attached hydrogen (secondary N) is 1. The third-order valence-corrected chi connectivity index (χ3v) is 5.36. The first-order valence-corrected chi connectivity index (χ1v) is 10.1. The molecular weight excluding hydrogens is 400 g/mol. The molecule has 0 bridgehead atoms. The number of rotatable bonds is 6. The van der Waals surface area contributed by atoms with Crippen molar-refractivity contribution in [2.75, 3.05) is 24.7 Å². The van der Waals surface area contributed by atoms with Gasteiger partial charge in [0, 0.05) is 13.2 Å². The largest absolute Gasteiger partial charge is 0.452 e. The van der Waals surface area contributed by atoms with Gasteiger partial charge in [-0.2, -0.15) is 0 Å². The quantitative estimate of drug-likeness (QED) is 0.566. The van der Waals surface area contributed by atoms with E-state index in [1.165, 1.54) is 18.2 Å². The Bertz CT molecular complexity index is 1060. The van der Waals surface area contributed by atoms with Gasteiger partial charge < -0.3 is 14.8 Å². The number of nitrogens with zero attached hydrogens (tertiary/aromatic N) is 1. The smallest absolute Gasteiger partial charge is 0.338 e. The lowest BCUT2D eigenvalue weighted by Crippen LogP contribution is -2.34. The van der Waals surface area contributed by atoms with Crippen molar-refractivity contribution in [3.63, 3.8) is 0 Å². The number of benzene rings is 2. The number of hydrogen-bond donors (Lipinski definition) is 1. The second kappa shape index (κ2) is 8.69. The molecule has 3 amide bonds. The molecule has 0 saturated carbocycles. The summed E-state index contributed by atoms with van der Waals surface area (Å²) in [6.45, 7) is 2.44. The lowest BCUT2D eigenvalue weighted by atomic mass is 10.1. The molecule has 160 valence electrons. The topological polar surface area (TPSA) is 102 Å². The van der Waals surface area contributed by atoms with Crippen LogP contribution < -0.4 is 10.2 Å². The number of esters is 1. The first-order valence-electron chi connectivity index (χ1n) is 10.1. The van der Waals surface area contributed by atoms with E-state index in [1.54, 1.807) is 12.1 Å². The van der Waals surface area contributed by atoms with Crippen LogP contribution in [0.25, 0.3) is 0 Å². The van der Waals surface area contributed by atoms with Crippen LogP contribution in [0.5, 0.6) is 0 Å². The minimum atomic E-state index is -0.746. The van der Waals surface area contributed by atoms with Crippen molar-refractivity contribution in [3.05, 3.63) is 64.7 Å². The summed E-state index contributed by atoms with van der Waals surface area (Å²) in [6, 6.07) is 11.3. The summed E-state index contributed by atoms with van der Waals surface area (Å²) < 4.78 is 10.5. The van der Waals surface area contributed by atoms with E-state index >= 15 is 0 Å². The summed E-state index contributed by atoms with van der Waals surface area (Å²) in [6.07, 6.45) is 1.86. The molecule has 0 aliphatic carbocycles. The number of para-hydroxylation sites is 1. The minimum absolute atomic E-state index is 0.00360. The van der Waals surface area contributed by atoms with E-state index in [-0.39, 0.29) is 22.8 Å². The molecule has 0 unspecified atom stereocenters. The second-order valence-electron chi connectivity index (χ2n) is 7.51. The maximum atomic E-state index is 12.9. The number of hydrogen-bond acceptors (Lipinski definition) is 6. The number of aryl methyl sites for hydroxylation is 1. The number of fused-ring (bicyclic) bond motifs is 1. The fourth-order valence-electron chi connectivity index (χ4n) is 3.70. The molecule has 4 rings (SSSR count). The van der Waals surface area contributed by atoms with Gasteiger partial charge in [-0.05, 0) is 49.6 Å². The summed E-state index contributed by atoms with van der Waals surface area (Å²) in [5.74, 6) is -2.12. The first-order chi connectivity index (χ1) is 15.0. The van der Waals surface area contributed by atoms with Gasteiger partial charge >= 0.3 is 5.97 Å². The predicted molar refractivity (Wildman–Crippen MR) is 111 cm³/mol. The highest BCUT2D eigenvalue weighted by Crippen LogP contribution is 2.31. The Hall–Kier alpha value is -3.52. The molecule has 2 aliphatic rings. The molecule has 2 aliphatic heterocycles. The van der Waals surface area contributed by atoms with Crippen LogP contribution in [0.1, 0.15) is 49.5 Å².